The quantitative estimate of drug-likeness (QED) is 0.234. The lowest BCUT2D eigenvalue weighted by Gasteiger charge is -2.30. The van der Waals surface area contributed by atoms with Crippen LogP contribution in [0.25, 0.3) is 0 Å². The molecule has 0 N–H and O–H groups in total. The first kappa shape index (κ1) is 34.8. The summed E-state index contributed by atoms with van der Waals surface area (Å²) in [7, 11) is 0. The second kappa shape index (κ2) is 14.9. The molecule has 0 amide bonds. The molecule has 3 heteroatoms. The average molecular weight is 721 g/mol. The molecule has 0 atom stereocenters. The predicted molar refractivity (Wildman–Crippen MR) is 214 cm³/mol. The van der Waals surface area contributed by atoms with Gasteiger partial charge in [0.15, 0.2) is 5.71 Å². The van der Waals surface area contributed by atoms with Gasteiger partial charge in [-0.15, -0.1) is 0 Å². The summed E-state index contributed by atoms with van der Waals surface area (Å²) >= 11 is 4.14. The summed E-state index contributed by atoms with van der Waals surface area (Å²) in [6, 6.07) is 18.3. The van der Waals surface area contributed by atoms with Gasteiger partial charge in [0.1, 0.15) is 6.54 Å². The van der Waals surface area contributed by atoms with E-state index in [1.54, 1.807) is 0 Å². The Bertz CT molecular complexity index is 1670. The molecule has 0 aromatic heterocycles. The van der Waals surface area contributed by atoms with E-state index < -0.39 is 0 Å². The molecule has 0 saturated heterocycles. The van der Waals surface area contributed by atoms with Crippen LogP contribution in [-0.4, -0.2) is 23.4 Å². The van der Waals surface area contributed by atoms with Crippen molar-refractivity contribution in [2.24, 2.45) is 11.8 Å². The second-order valence-electron chi connectivity index (χ2n) is 16.8. The number of anilines is 1. The van der Waals surface area contributed by atoms with Crippen LogP contribution in [0, 0.1) is 11.8 Å². The Morgan fingerprint density at radius 1 is 0.714 bits per heavy atom. The summed E-state index contributed by atoms with van der Waals surface area (Å²) in [4.78, 5) is 2.67. The Labute approximate surface area is 306 Å². The van der Waals surface area contributed by atoms with Crippen LogP contribution in [0.4, 0.5) is 11.4 Å². The Morgan fingerprint density at radius 3 is 2.10 bits per heavy atom. The molecule has 2 aromatic carbocycles. The SMILES string of the molecule is CC1(C)C(/C=C/C2=C(Br)C(=C/C=C3/N(CCC4CCCCC4)c4ccccc4C3(C)C)/CCC2)=[N+](CCC2CCCCC2)c2ccccc21. The summed E-state index contributed by atoms with van der Waals surface area (Å²) in [6.45, 7) is 12.0. The fourth-order valence-corrected chi connectivity index (χ4v) is 10.6. The Hall–Kier alpha value is -2.65. The molecule has 2 heterocycles. The van der Waals surface area contributed by atoms with Crippen molar-refractivity contribution in [3.05, 3.63) is 105 Å². The lowest BCUT2D eigenvalue weighted by molar-refractivity contribution is -0.439. The highest BCUT2D eigenvalue weighted by molar-refractivity contribution is 9.12. The maximum absolute atomic E-state index is 4.14. The molecule has 3 aliphatic carbocycles. The third-order valence-electron chi connectivity index (χ3n) is 12.9. The third kappa shape index (κ3) is 7.13. The summed E-state index contributed by atoms with van der Waals surface area (Å²) in [5, 5.41) is 0. The van der Waals surface area contributed by atoms with Crippen molar-refractivity contribution in [3.8, 4) is 0 Å². The molecule has 2 fully saturated rings. The molecule has 0 radical (unpaired) electrons. The number of rotatable bonds is 9. The maximum atomic E-state index is 4.14. The number of fused-ring (bicyclic) bond motifs is 2. The smallest absolute Gasteiger partial charge is 0.209 e. The minimum absolute atomic E-state index is 0.00536. The second-order valence-corrected chi connectivity index (χ2v) is 17.6. The number of hydrogen-bond acceptors (Lipinski definition) is 1. The normalized spacial score (nSPS) is 24.5. The zero-order valence-corrected chi connectivity index (χ0v) is 32.5. The molecular weight excluding hydrogens is 660 g/mol. The molecule has 260 valence electrons. The molecule has 2 nitrogen and oxygen atoms in total. The van der Waals surface area contributed by atoms with Crippen LogP contribution in [0.1, 0.15) is 135 Å². The number of nitrogens with zero attached hydrogens (tertiary/aromatic N) is 2. The van der Waals surface area contributed by atoms with Crippen molar-refractivity contribution in [2.75, 3.05) is 18.0 Å². The largest absolute Gasteiger partial charge is 0.344 e. The van der Waals surface area contributed by atoms with Gasteiger partial charge in [0.2, 0.25) is 5.69 Å². The minimum Gasteiger partial charge on any atom is -0.344 e. The highest BCUT2D eigenvalue weighted by atomic mass is 79.9. The molecular formula is C46H60BrN2+. The first-order valence-corrected chi connectivity index (χ1v) is 20.6. The Morgan fingerprint density at radius 2 is 1.37 bits per heavy atom. The monoisotopic (exact) mass is 719 g/mol. The zero-order valence-electron chi connectivity index (χ0n) is 30.9. The number of hydrogen-bond donors (Lipinski definition) is 0. The fraction of sp³-hybridized carbons (Fsp3) is 0.543. The highest BCUT2D eigenvalue weighted by Gasteiger charge is 2.44. The maximum Gasteiger partial charge on any atom is 0.209 e. The molecule has 7 rings (SSSR count). The van der Waals surface area contributed by atoms with Crippen molar-refractivity contribution in [3.63, 3.8) is 0 Å². The van der Waals surface area contributed by atoms with Gasteiger partial charge in [0, 0.05) is 52.0 Å². The number of halogens is 1. The van der Waals surface area contributed by atoms with E-state index in [9.17, 15) is 0 Å². The van der Waals surface area contributed by atoms with Crippen LogP contribution in [0.5, 0.6) is 0 Å². The van der Waals surface area contributed by atoms with Crippen molar-refractivity contribution >= 4 is 33.0 Å². The van der Waals surface area contributed by atoms with E-state index in [-0.39, 0.29) is 10.8 Å². The average Bonchev–Trinajstić information content (AvgIpc) is 3.47. The van der Waals surface area contributed by atoms with E-state index >= 15 is 0 Å². The molecule has 2 saturated carbocycles. The van der Waals surface area contributed by atoms with Gasteiger partial charge in [0.25, 0.3) is 0 Å². The first-order valence-electron chi connectivity index (χ1n) is 19.8. The van der Waals surface area contributed by atoms with Gasteiger partial charge in [-0.3, -0.25) is 0 Å². The zero-order chi connectivity index (χ0) is 34.0. The fourth-order valence-electron chi connectivity index (χ4n) is 9.91. The van der Waals surface area contributed by atoms with Crippen LogP contribution in [0.2, 0.25) is 0 Å². The predicted octanol–water partition coefficient (Wildman–Crippen LogP) is 13.0. The lowest BCUT2D eigenvalue weighted by atomic mass is 9.81. The van der Waals surface area contributed by atoms with Crippen LogP contribution >= 0.6 is 15.9 Å². The lowest BCUT2D eigenvalue weighted by Crippen LogP contribution is -2.28. The summed E-state index contributed by atoms with van der Waals surface area (Å²) in [5.74, 6) is 1.76. The van der Waals surface area contributed by atoms with Gasteiger partial charge in [-0.1, -0.05) is 143 Å². The van der Waals surface area contributed by atoms with Gasteiger partial charge in [0.05, 0.1) is 5.41 Å². The molecule has 0 unspecified atom stereocenters. The summed E-state index contributed by atoms with van der Waals surface area (Å²) < 4.78 is 3.97. The standard InChI is InChI=1S/C46H60BrN2/c1-45(2)38-22-11-13-24-40(38)48(32-30-34-16-7-5-8-17-34)42(45)28-26-36-20-15-21-37(44(36)47)27-29-43-46(3,4)39-23-12-14-25-41(39)49(43)33-31-35-18-9-6-10-19-35/h11-14,22-29,34-35H,5-10,15-21,30-33H2,1-4H3/q+1. The number of para-hydroxylation sites is 2. The van der Waals surface area contributed by atoms with E-state index in [4.69, 9.17) is 0 Å². The van der Waals surface area contributed by atoms with Gasteiger partial charge >= 0.3 is 0 Å². The van der Waals surface area contributed by atoms with Crippen LogP contribution < -0.4 is 4.90 Å². The Kier molecular flexibility index (Phi) is 10.6. The molecule has 2 aromatic rings. The van der Waals surface area contributed by atoms with E-state index in [1.165, 1.54) is 133 Å². The van der Waals surface area contributed by atoms with Crippen molar-refractivity contribution in [1.82, 2.24) is 0 Å². The minimum atomic E-state index is -0.00536. The van der Waals surface area contributed by atoms with Gasteiger partial charge in [-0.25, -0.2) is 0 Å². The molecule has 5 aliphatic rings. The molecule has 2 aliphatic heterocycles. The van der Waals surface area contributed by atoms with Crippen molar-refractivity contribution in [2.45, 2.75) is 135 Å². The molecule has 0 bridgehead atoms. The Balaban J connectivity index is 1.17. The van der Waals surface area contributed by atoms with Gasteiger partial charge < -0.3 is 4.90 Å². The number of benzene rings is 2. The van der Waals surface area contributed by atoms with Gasteiger partial charge in [-0.05, 0) is 80.2 Å². The van der Waals surface area contributed by atoms with Gasteiger partial charge in [-0.2, -0.15) is 4.58 Å². The van der Waals surface area contributed by atoms with Crippen LogP contribution in [-0.2, 0) is 10.8 Å². The summed E-state index contributed by atoms with van der Waals surface area (Å²) in [6.07, 6.45) is 30.1. The molecule has 49 heavy (non-hydrogen) atoms. The van der Waals surface area contributed by atoms with E-state index in [2.05, 4.69) is 126 Å². The third-order valence-corrected chi connectivity index (χ3v) is 13.9. The van der Waals surface area contributed by atoms with E-state index in [0.717, 1.165) is 37.8 Å². The topological polar surface area (TPSA) is 6.25 Å². The number of allylic oxidation sites excluding steroid dienone is 8. The van der Waals surface area contributed by atoms with Crippen molar-refractivity contribution < 1.29 is 4.58 Å². The van der Waals surface area contributed by atoms with Crippen LogP contribution in [0.15, 0.2) is 94.2 Å². The van der Waals surface area contributed by atoms with E-state index in [0.29, 0.717) is 0 Å². The van der Waals surface area contributed by atoms with E-state index in [1.807, 2.05) is 0 Å². The molecule has 0 spiro atoms. The van der Waals surface area contributed by atoms with Crippen molar-refractivity contribution in [1.29, 1.82) is 0 Å². The highest BCUT2D eigenvalue weighted by Crippen LogP contribution is 2.48. The first-order chi connectivity index (χ1) is 23.7. The van der Waals surface area contributed by atoms with Crippen LogP contribution in [0.3, 0.4) is 0 Å². The summed E-state index contributed by atoms with van der Waals surface area (Å²) in [5.41, 5.74) is 11.5.